The molecule has 4 heteroatoms. The third-order valence-electron chi connectivity index (χ3n) is 5.08. The van der Waals surface area contributed by atoms with Crippen LogP contribution in [0.2, 0.25) is 0 Å². The minimum absolute atomic E-state index is 0.0838. The van der Waals surface area contributed by atoms with Gasteiger partial charge in [-0.2, -0.15) is 0 Å². The number of aryl methyl sites for hydroxylation is 1. The molecule has 0 bridgehead atoms. The Morgan fingerprint density at radius 3 is 2.77 bits per heavy atom. The van der Waals surface area contributed by atoms with Gasteiger partial charge in [0.1, 0.15) is 0 Å². The van der Waals surface area contributed by atoms with Crippen LogP contribution in [-0.4, -0.2) is 41.2 Å². The van der Waals surface area contributed by atoms with E-state index in [1.54, 1.807) is 6.92 Å². The molecule has 22 heavy (non-hydrogen) atoms. The minimum atomic E-state index is -0.326. The highest BCUT2D eigenvalue weighted by Gasteiger charge is 2.48. The van der Waals surface area contributed by atoms with Gasteiger partial charge < -0.3 is 9.80 Å². The lowest BCUT2D eigenvalue weighted by Gasteiger charge is -2.39. The maximum atomic E-state index is 13.0. The van der Waals surface area contributed by atoms with Gasteiger partial charge in [0.25, 0.3) is 0 Å². The summed E-state index contributed by atoms with van der Waals surface area (Å²) in [7, 11) is 0. The molecule has 118 valence electrons. The van der Waals surface area contributed by atoms with Gasteiger partial charge in [0.05, 0.1) is 5.41 Å². The molecule has 0 N–H and O–H groups in total. The number of hydrogen-bond acceptors (Lipinski definition) is 2. The molecule has 2 fully saturated rings. The lowest BCUT2D eigenvalue weighted by Crippen LogP contribution is -2.49. The van der Waals surface area contributed by atoms with Gasteiger partial charge in [-0.1, -0.05) is 29.8 Å². The van der Waals surface area contributed by atoms with Crippen molar-refractivity contribution in [3.63, 3.8) is 0 Å². The first-order chi connectivity index (χ1) is 10.5. The standard InChI is InChI=1S/C18H24N2O2/c1-14-5-3-6-16(11-14)12-19-9-4-7-18(17(19)22)8-10-20(13-18)15(2)21/h3,5-6,11H,4,7-10,12-13H2,1-2H3/t18-/m0/s1. The van der Waals surface area contributed by atoms with Crippen molar-refractivity contribution in [1.82, 2.24) is 9.80 Å². The van der Waals surface area contributed by atoms with E-state index >= 15 is 0 Å². The van der Waals surface area contributed by atoms with Gasteiger partial charge in [-0.3, -0.25) is 9.59 Å². The molecule has 1 spiro atoms. The third kappa shape index (κ3) is 2.74. The van der Waals surface area contributed by atoms with Gasteiger partial charge in [-0.25, -0.2) is 0 Å². The predicted octanol–water partition coefficient (Wildman–Crippen LogP) is 2.36. The number of hydrogen-bond donors (Lipinski definition) is 0. The van der Waals surface area contributed by atoms with Crippen molar-refractivity contribution in [2.75, 3.05) is 19.6 Å². The van der Waals surface area contributed by atoms with Crippen LogP contribution in [0, 0.1) is 12.3 Å². The zero-order chi connectivity index (χ0) is 15.7. The average Bonchev–Trinajstić information content (AvgIpc) is 2.90. The topological polar surface area (TPSA) is 40.6 Å². The number of carbonyl (C=O) groups is 2. The summed E-state index contributed by atoms with van der Waals surface area (Å²) in [5, 5.41) is 0. The zero-order valence-electron chi connectivity index (χ0n) is 13.5. The third-order valence-corrected chi connectivity index (χ3v) is 5.08. The van der Waals surface area contributed by atoms with Crippen molar-refractivity contribution in [3.05, 3.63) is 35.4 Å². The molecule has 0 aromatic heterocycles. The molecule has 0 aliphatic carbocycles. The first kappa shape index (κ1) is 15.1. The van der Waals surface area contributed by atoms with Crippen LogP contribution in [0.1, 0.15) is 37.3 Å². The Hall–Kier alpha value is -1.84. The summed E-state index contributed by atoms with van der Waals surface area (Å²) in [4.78, 5) is 28.4. The lowest BCUT2D eigenvalue weighted by molar-refractivity contribution is -0.146. The summed E-state index contributed by atoms with van der Waals surface area (Å²) in [6.45, 7) is 6.50. The molecule has 2 saturated heterocycles. The second kappa shape index (κ2) is 5.75. The van der Waals surface area contributed by atoms with E-state index in [0.717, 1.165) is 32.4 Å². The van der Waals surface area contributed by atoms with E-state index < -0.39 is 0 Å². The van der Waals surface area contributed by atoms with E-state index in [0.29, 0.717) is 13.1 Å². The Kier molecular flexibility index (Phi) is 3.94. The fourth-order valence-electron chi connectivity index (χ4n) is 3.85. The van der Waals surface area contributed by atoms with Gasteiger partial charge in [0, 0.05) is 33.1 Å². The highest BCUT2D eigenvalue weighted by atomic mass is 16.2. The minimum Gasteiger partial charge on any atom is -0.342 e. The lowest BCUT2D eigenvalue weighted by atomic mass is 9.78. The summed E-state index contributed by atoms with van der Waals surface area (Å²) in [5.74, 6) is 0.324. The molecule has 1 aromatic carbocycles. The van der Waals surface area contributed by atoms with E-state index in [-0.39, 0.29) is 17.2 Å². The monoisotopic (exact) mass is 300 g/mol. The number of piperidine rings is 1. The predicted molar refractivity (Wildman–Crippen MR) is 85.1 cm³/mol. The summed E-state index contributed by atoms with van der Waals surface area (Å²) < 4.78 is 0. The Labute approximate surface area is 132 Å². The fraction of sp³-hybridized carbons (Fsp3) is 0.556. The highest BCUT2D eigenvalue weighted by molar-refractivity contribution is 5.85. The Morgan fingerprint density at radius 1 is 1.27 bits per heavy atom. The molecule has 4 nitrogen and oxygen atoms in total. The van der Waals surface area contributed by atoms with Crippen molar-refractivity contribution in [3.8, 4) is 0 Å². The molecule has 0 radical (unpaired) electrons. The van der Waals surface area contributed by atoms with Gasteiger partial charge in [-0.15, -0.1) is 0 Å². The van der Waals surface area contributed by atoms with Crippen LogP contribution < -0.4 is 0 Å². The summed E-state index contributed by atoms with van der Waals surface area (Å²) in [5.41, 5.74) is 2.08. The number of amides is 2. The second-order valence-electron chi connectivity index (χ2n) is 6.79. The number of carbonyl (C=O) groups excluding carboxylic acids is 2. The van der Waals surface area contributed by atoms with Crippen LogP contribution in [0.3, 0.4) is 0 Å². The highest BCUT2D eigenvalue weighted by Crippen LogP contribution is 2.40. The molecule has 0 unspecified atom stereocenters. The quantitative estimate of drug-likeness (QED) is 0.841. The summed E-state index contributed by atoms with van der Waals surface area (Å²) >= 11 is 0. The molecular formula is C18H24N2O2. The molecule has 3 rings (SSSR count). The van der Waals surface area contributed by atoms with Crippen molar-refractivity contribution in [1.29, 1.82) is 0 Å². The Morgan fingerprint density at radius 2 is 2.09 bits per heavy atom. The van der Waals surface area contributed by atoms with Crippen molar-refractivity contribution in [2.24, 2.45) is 5.41 Å². The summed E-state index contributed by atoms with van der Waals surface area (Å²) in [6, 6.07) is 8.34. The van der Waals surface area contributed by atoms with Crippen molar-refractivity contribution >= 4 is 11.8 Å². The fourth-order valence-corrected chi connectivity index (χ4v) is 3.85. The van der Waals surface area contributed by atoms with Crippen molar-refractivity contribution < 1.29 is 9.59 Å². The van der Waals surface area contributed by atoms with Crippen LogP contribution in [0.4, 0.5) is 0 Å². The molecule has 0 saturated carbocycles. The van der Waals surface area contributed by atoms with E-state index in [1.165, 1.54) is 11.1 Å². The van der Waals surface area contributed by atoms with Crippen LogP contribution in [0.25, 0.3) is 0 Å². The van der Waals surface area contributed by atoms with Crippen molar-refractivity contribution in [2.45, 2.75) is 39.7 Å². The maximum Gasteiger partial charge on any atom is 0.230 e. The average molecular weight is 300 g/mol. The van der Waals surface area contributed by atoms with E-state index in [4.69, 9.17) is 0 Å². The SMILES string of the molecule is CC(=O)N1CC[C@@]2(CCCN(Cc3cccc(C)c3)C2=O)C1. The number of nitrogens with zero attached hydrogens (tertiary/aromatic N) is 2. The largest absolute Gasteiger partial charge is 0.342 e. The van der Waals surface area contributed by atoms with Crippen LogP contribution in [0.5, 0.6) is 0 Å². The van der Waals surface area contributed by atoms with Gasteiger partial charge >= 0.3 is 0 Å². The van der Waals surface area contributed by atoms with Gasteiger partial charge in [0.15, 0.2) is 0 Å². The Balaban J connectivity index is 1.75. The van der Waals surface area contributed by atoms with Gasteiger partial charge in [-0.05, 0) is 31.7 Å². The molecule has 1 aromatic rings. The molecular weight excluding hydrogens is 276 g/mol. The molecule has 2 aliphatic heterocycles. The number of likely N-dealkylation sites (tertiary alicyclic amines) is 2. The normalized spacial score (nSPS) is 25.1. The summed E-state index contributed by atoms with van der Waals surface area (Å²) in [6.07, 6.45) is 2.76. The van der Waals surface area contributed by atoms with E-state index in [1.807, 2.05) is 15.9 Å². The smallest absolute Gasteiger partial charge is 0.230 e. The zero-order valence-corrected chi connectivity index (χ0v) is 13.5. The molecule has 2 heterocycles. The maximum absolute atomic E-state index is 13.0. The number of rotatable bonds is 2. The van der Waals surface area contributed by atoms with Gasteiger partial charge in [0.2, 0.25) is 11.8 Å². The number of benzene rings is 1. The van der Waals surface area contributed by atoms with Crippen LogP contribution >= 0.6 is 0 Å². The van der Waals surface area contributed by atoms with Crippen LogP contribution in [0.15, 0.2) is 24.3 Å². The molecule has 1 atom stereocenters. The molecule has 2 amide bonds. The first-order valence-corrected chi connectivity index (χ1v) is 8.11. The Bertz CT molecular complexity index is 599. The molecule has 2 aliphatic rings. The first-order valence-electron chi connectivity index (χ1n) is 8.11. The van der Waals surface area contributed by atoms with E-state index in [2.05, 4.69) is 25.1 Å². The van der Waals surface area contributed by atoms with E-state index in [9.17, 15) is 9.59 Å². The van der Waals surface area contributed by atoms with Crippen LogP contribution in [-0.2, 0) is 16.1 Å². The second-order valence-corrected chi connectivity index (χ2v) is 6.79.